The summed E-state index contributed by atoms with van der Waals surface area (Å²) in [5.74, 6) is 0. The van der Waals surface area contributed by atoms with E-state index in [0.717, 1.165) is 27.8 Å². The molecule has 0 fully saturated rings. The molecule has 0 saturated heterocycles. The molecule has 1 N–H and O–H groups in total. The number of rotatable bonds is 6. The molecule has 268 valence electrons. The van der Waals surface area contributed by atoms with Crippen molar-refractivity contribution in [3.05, 3.63) is 209 Å². The van der Waals surface area contributed by atoms with Crippen LogP contribution in [0.3, 0.4) is 0 Å². The molecular formula is C54H42N2. The maximum Gasteiger partial charge on any atom is 0.0723 e. The highest BCUT2D eigenvalue weighted by Crippen LogP contribution is 2.55. The first-order valence-electron chi connectivity index (χ1n) is 19.5. The number of aliphatic imine (C=N–C) groups is 1. The smallest absolute Gasteiger partial charge is 0.0723 e. The molecule has 0 heterocycles. The number of allylic oxidation sites excluding steroid dienone is 1. The molecule has 0 radical (unpaired) electrons. The lowest BCUT2D eigenvalue weighted by Gasteiger charge is -2.26. The molecule has 0 atom stereocenters. The van der Waals surface area contributed by atoms with Gasteiger partial charge in [-0.25, -0.2) is 0 Å². The van der Waals surface area contributed by atoms with Crippen molar-refractivity contribution < 1.29 is 0 Å². The first kappa shape index (κ1) is 33.9. The fourth-order valence-electron chi connectivity index (χ4n) is 9.69. The highest BCUT2D eigenvalue weighted by molar-refractivity contribution is 6.12. The monoisotopic (exact) mass is 718 g/mol. The van der Waals surface area contributed by atoms with Crippen LogP contribution in [0.5, 0.6) is 0 Å². The molecule has 0 bridgehead atoms. The third-order valence-corrected chi connectivity index (χ3v) is 12.4. The second kappa shape index (κ2) is 12.7. The van der Waals surface area contributed by atoms with Crippen LogP contribution in [-0.4, -0.2) is 11.9 Å². The van der Waals surface area contributed by atoms with E-state index in [9.17, 15) is 0 Å². The lowest BCUT2D eigenvalue weighted by atomic mass is 9.77. The van der Waals surface area contributed by atoms with Gasteiger partial charge in [0.05, 0.1) is 11.4 Å². The maximum absolute atomic E-state index is 9.12. The second-order valence-corrected chi connectivity index (χ2v) is 16.3. The number of nitrogens with one attached hydrogen (secondary N) is 1. The van der Waals surface area contributed by atoms with Crippen molar-refractivity contribution >= 4 is 39.2 Å². The number of nitrogens with zero attached hydrogens (tertiary/aromatic N) is 1. The Kier molecular flexibility index (Phi) is 7.70. The summed E-state index contributed by atoms with van der Waals surface area (Å²) in [5.41, 5.74) is 16.9. The molecule has 0 unspecified atom stereocenters. The van der Waals surface area contributed by atoms with Crippen LogP contribution in [-0.2, 0) is 10.8 Å². The van der Waals surface area contributed by atoms with Crippen LogP contribution in [0.4, 0.5) is 0 Å². The Morgan fingerprint density at radius 3 is 1.91 bits per heavy atom. The number of hydrogen-bond acceptors (Lipinski definition) is 2. The summed E-state index contributed by atoms with van der Waals surface area (Å²) in [6.45, 7) is 9.38. The minimum Gasteiger partial charge on any atom is -0.300 e. The molecule has 0 aliphatic heterocycles. The van der Waals surface area contributed by atoms with Crippen molar-refractivity contribution in [1.29, 1.82) is 5.41 Å². The molecule has 0 saturated carbocycles. The van der Waals surface area contributed by atoms with Gasteiger partial charge in [0, 0.05) is 28.2 Å². The fraction of sp³-hybridized carbons (Fsp3) is 0.111. The number of benzene rings is 8. The molecule has 2 aliphatic rings. The first-order valence-corrected chi connectivity index (χ1v) is 19.5. The lowest BCUT2D eigenvalue weighted by Crippen LogP contribution is -2.17. The van der Waals surface area contributed by atoms with Gasteiger partial charge >= 0.3 is 0 Å². The topological polar surface area (TPSA) is 36.2 Å². The number of fused-ring (bicyclic) bond motifs is 9. The Morgan fingerprint density at radius 1 is 0.464 bits per heavy atom. The molecule has 2 nitrogen and oxygen atoms in total. The van der Waals surface area contributed by atoms with E-state index in [-0.39, 0.29) is 10.8 Å². The highest BCUT2D eigenvalue weighted by atomic mass is 14.7. The van der Waals surface area contributed by atoms with Crippen LogP contribution in [0.2, 0.25) is 0 Å². The van der Waals surface area contributed by atoms with Crippen LogP contribution >= 0.6 is 0 Å². The first-order chi connectivity index (χ1) is 27.2. The van der Waals surface area contributed by atoms with Gasteiger partial charge in [0.2, 0.25) is 0 Å². The van der Waals surface area contributed by atoms with Gasteiger partial charge in [-0.1, -0.05) is 185 Å². The van der Waals surface area contributed by atoms with E-state index in [0.29, 0.717) is 5.71 Å². The minimum atomic E-state index is -0.183. The summed E-state index contributed by atoms with van der Waals surface area (Å²) in [6, 6.07) is 58.7. The molecule has 8 aromatic rings. The minimum absolute atomic E-state index is 0.0837. The van der Waals surface area contributed by atoms with Gasteiger partial charge in [-0.3, -0.25) is 4.99 Å². The van der Waals surface area contributed by atoms with Gasteiger partial charge in [-0.05, 0) is 94.9 Å². The molecular weight excluding hydrogens is 677 g/mol. The summed E-state index contributed by atoms with van der Waals surface area (Å²) in [5, 5.41) is 14.1. The summed E-state index contributed by atoms with van der Waals surface area (Å²) >= 11 is 0. The van der Waals surface area contributed by atoms with Gasteiger partial charge in [0.1, 0.15) is 0 Å². The van der Waals surface area contributed by atoms with E-state index in [2.05, 4.69) is 161 Å². The standard InChI is InChI=1S/C54H42N2/c1-53(2)47-24-13-12-21-42(47)46-31-36(27-30-48(46)53)50(32-49(55)35-16-6-5-7-17-35)56-33-37-26-28-41(40-20-11-10-18-38(37)40)43-22-14-23-44-45-29-25-34-15-8-9-19-39(34)51(45)54(3,4)52(43)44/h5-33,55H,1-4H3/b50-32-,55-49?,56-33?. The molecule has 56 heavy (non-hydrogen) atoms. The molecule has 0 aromatic heterocycles. The van der Waals surface area contributed by atoms with Crippen molar-refractivity contribution in [1.82, 2.24) is 0 Å². The van der Waals surface area contributed by atoms with E-state index in [1.165, 1.54) is 71.8 Å². The molecule has 2 heteroatoms. The molecule has 0 spiro atoms. The Bertz CT molecular complexity index is 2980. The quantitative estimate of drug-likeness (QED) is 0.166. The Balaban J connectivity index is 1.09. The lowest BCUT2D eigenvalue weighted by molar-refractivity contribution is 0.660. The van der Waals surface area contributed by atoms with Crippen LogP contribution < -0.4 is 0 Å². The zero-order valence-corrected chi connectivity index (χ0v) is 32.2. The van der Waals surface area contributed by atoms with E-state index >= 15 is 0 Å². The SMILES string of the molecule is CC1(C)c2ccccc2-c2cc(/C(=C/C(=N)c3ccccc3)N=Cc3ccc(-c4cccc5c4C(C)(C)c4c-5ccc5ccccc45)c4ccccc34)ccc21. The van der Waals surface area contributed by atoms with Gasteiger partial charge in [0.25, 0.3) is 0 Å². The third-order valence-electron chi connectivity index (χ3n) is 12.4. The van der Waals surface area contributed by atoms with Crippen LogP contribution in [0.1, 0.15) is 66.6 Å². The number of hydrogen-bond donors (Lipinski definition) is 1. The van der Waals surface area contributed by atoms with E-state index in [1.807, 2.05) is 42.6 Å². The van der Waals surface area contributed by atoms with Crippen LogP contribution in [0, 0.1) is 5.41 Å². The fourth-order valence-corrected chi connectivity index (χ4v) is 9.69. The zero-order chi connectivity index (χ0) is 38.2. The molecule has 2 aliphatic carbocycles. The van der Waals surface area contributed by atoms with Crippen LogP contribution in [0.25, 0.3) is 60.6 Å². The predicted octanol–water partition coefficient (Wildman–Crippen LogP) is 13.8. The second-order valence-electron chi connectivity index (χ2n) is 16.3. The Labute approximate surface area is 329 Å². The van der Waals surface area contributed by atoms with Gasteiger partial charge in [0.15, 0.2) is 0 Å². The van der Waals surface area contributed by atoms with Gasteiger partial charge in [-0.15, -0.1) is 0 Å². The van der Waals surface area contributed by atoms with Crippen LogP contribution in [0.15, 0.2) is 175 Å². The summed E-state index contributed by atoms with van der Waals surface area (Å²) < 4.78 is 0. The van der Waals surface area contributed by atoms with Crippen molar-refractivity contribution in [2.45, 2.75) is 38.5 Å². The van der Waals surface area contributed by atoms with E-state index in [1.54, 1.807) is 0 Å². The van der Waals surface area contributed by atoms with Crippen molar-refractivity contribution in [3.63, 3.8) is 0 Å². The Morgan fingerprint density at radius 2 is 1.09 bits per heavy atom. The molecule has 10 rings (SSSR count). The third kappa shape index (κ3) is 5.17. The normalized spacial score (nSPS) is 14.8. The van der Waals surface area contributed by atoms with Crippen molar-refractivity contribution in [2.24, 2.45) is 4.99 Å². The predicted molar refractivity (Wildman–Crippen MR) is 237 cm³/mol. The average Bonchev–Trinajstić information content (AvgIpc) is 3.62. The highest BCUT2D eigenvalue weighted by Gasteiger charge is 2.39. The van der Waals surface area contributed by atoms with Gasteiger partial charge in [-0.2, -0.15) is 0 Å². The average molecular weight is 719 g/mol. The zero-order valence-electron chi connectivity index (χ0n) is 32.2. The summed E-state index contributed by atoms with van der Waals surface area (Å²) in [4.78, 5) is 5.23. The summed E-state index contributed by atoms with van der Waals surface area (Å²) in [7, 11) is 0. The van der Waals surface area contributed by atoms with Gasteiger partial charge < -0.3 is 5.41 Å². The maximum atomic E-state index is 9.12. The van der Waals surface area contributed by atoms with E-state index in [4.69, 9.17) is 10.4 Å². The van der Waals surface area contributed by atoms with Crippen molar-refractivity contribution in [2.75, 3.05) is 0 Å². The Hall–Kier alpha value is -6.64. The molecule has 8 aromatic carbocycles. The summed E-state index contributed by atoms with van der Waals surface area (Å²) in [6.07, 6.45) is 3.90. The largest absolute Gasteiger partial charge is 0.300 e. The molecule has 0 amide bonds. The van der Waals surface area contributed by atoms with E-state index < -0.39 is 0 Å². The van der Waals surface area contributed by atoms with Crippen molar-refractivity contribution in [3.8, 4) is 33.4 Å².